The molecule has 0 atom stereocenters. The molecule has 128 valence electrons. The van der Waals surface area contributed by atoms with Crippen LogP contribution in [0.2, 0.25) is 0 Å². The number of nitrogens with one attached hydrogen (secondary N) is 1. The number of carbonyl (C=O) groups is 1. The maximum absolute atomic E-state index is 12.5. The maximum Gasteiger partial charge on any atom is 0.271 e. The van der Waals surface area contributed by atoms with Crippen LogP contribution in [-0.2, 0) is 19.6 Å². The fraction of sp³-hybridized carbons (Fsp3) is 0.312. The molecule has 3 aromatic rings. The Morgan fingerprint density at radius 1 is 1.24 bits per heavy atom. The summed E-state index contributed by atoms with van der Waals surface area (Å²) >= 11 is 0. The van der Waals surface area contributed by atoms with Crippen LogP contribution in [0.5, 0.6) is 5.88 Å². The van der Waals surface area contributed by atoms with Crippen LogP contribution < -0.4 is 4.74 Å². The van der Waals surface area contributed by atoms with Crippen molar-refractivity contribution < 1.29 is 9.53 Å². The lowest BCUT2D eigenvalue weighted by Crippen LogP contribution is -2.34. The van der Waals surface area contributed by atoms with Crippen LogP contribution in [0.25, 0.3) is 0 Å². The number of ether oxygens (including phenoxy) is 1. The Kier molecular flexibility index (Phi) is 4.11. The van der Waals surface area contributed by atoms with E-state index in [1.54, 1.807) is 23.4 Å². The quantitative estimate of drug-likeness (QED) is 0.750. The molecule has 0 fully saturated rings. The minimum Gasteiger partial charge on any atom is -0.469 e. The molecule has 0 aromatic carbocycles. The third kappa shape index (κ3) is 3.21. The predicted molar refractivity (Wildman–Crippen MR) is 86.8 cm³/mol. The Bertz CT molecular complexity index is 845. The van der Waals surface area contributed by atoms with Gasteiger partial charge in [-0.15, -0.1) is 10.2 Å². The molecular formula is C16H17N7O2. The highest BCUT2D eigenvalue weighted by atomic mass is 16.5. The number of amides is 1. The number of rotatable bonds is 4. The zero-order valence-corrected chi connectivity index (χ0v) is 13.5. The van der Waals surface area contributed by atoms with Gasteiger partial charge in [0.05, 0.1) is 12.5 Å². The van der Waals surface area contributed by atoms with Crippen molar-refractivity contribution in [1.29, 1.82) is 0 Å². The molecule has 9 nitrogen and oxygen atoms in total. The Balaban J connectivity index is 1.44. The van der Waals surface area contributed by atoms with Crippen LogP contribution in [0.3, 0.4) is 0 Å². The van der Waals surface area contributed by atoms with E-state index in [1.807, 2.05) is 16.7 Å². The smallest absolute Gasteiger partial charge is 0.271 e. The van der Waals surface area contributed by atoms with E-state index in [0.29, 0.717) is 44.2 Å². The Hall–Kier alpha value is -3.23. The number of aromatic nitrogens is 6. The number of fused-ring (bicyclic) bond motifs is 1. The average molecular weight is 339 g/mol. The zero-order chi connectivity index (χ0) is 17.1. The Labute approximate surface area is 143 Å². The summed E-state index contributed by atoms with van der Waals surface area (Å²) in [4.78, 5) is 25.1. The summed E-state index contributed by atoms with van der Waals surface area (Å²) in [6, 6.07) is 5.50. The number of pyridine rings is 1. The summed E-state index contributed by atoms with van der Waals surface area (Å²) < 4.78 is 7.68. The van der Waals surface area contributed by atoms with Crippen LogP contribution in [0.1, 0.15) is 22.1 Å². The van der Waals surface area contributed by atoms with E-state index >= 15 is 0 Å². The molecule has 0 spiro atoms. The molecule has 0 radical (unpaired) electrons. The monoisotopic (exact) mass is 339 g/mol. The second-order valence-electron chi connectivity index (χ2n) is 5.65. The van der Waals surface area contributed by atoms with Gasteiger partial charge < -0.3 is 19.2 Å². The minimum absolute atomic E-state index is 0.0532. The zero-order valence-electron chi connectivity index (χ0n) is 13.5. The molecule has 3 aromatic heterocycles. The summed E-state index contributed by atoms with van der Waals surface area (Å²) in [5.74, 6) is 2.09. The number of hydrogen-bond acceptors (Lipinski definition) is 6. The number of hydrogen-bond donors (Lipinski definition) is 1. The molecule has 25 heavy (non-hydrogen) atoms. The maximum atomic E-state index is 12.5. The molecule has 4 rings (SSSR count). The molecule has 9 heteroatoms. The van der Waals surface area contributed by atoms with E-state index in [2.05, 4.69) is 25.1 Å². The van der Waals surface area contributed by atoms with Gasteiger partial charge in [-0.25, -0.2) is 9.97 Å². The highest BCUT2D eigenvalue weighted by Gasteiger charge is 2.23. The molecule has 1 N–H and O–H groups in total. The van der Waals surface area contributed by atoms with Gasteiger partial charge in [-0.05, 0) is 6.07 Å². The molecule has 1 aliphatic heterocycles. The van der Waals surface area contributed by atoms with Crippen molar-refractivity contribution in [3.05, 3.63) is 54.3 Å². The normalized spacial score (nSPS) is 14.0. The minimum atomic E-state index is -0.0532. The highest BCUT2D eigenvalue weighted by Crippen LogP contribution is 2.13. The second kappa shape index (κ2) is 6.71. The fourth-order valence-electron chi connectivity index (χ4n) is 2.81. The first-order valence-electron chi connectivity index (χ1n) is 8.03. The molecule has 1 aliphatic rings. The van der Waals surface area contributed by atoms with Crippen LogP contribution in [0, 0.1) is 0 Å². The van der Waals surface area contributed by atoms with Crippen molar-refractivity contribution in [2.45, 2.75) is 19.6 Å². The summed E-state index contributed by atoms with van der Waals surface area (Å²) in [5, 5.41) is 8.45. The van der Waals surface area contributed by atoms with E-state index < -0.39 is 0 Å². The summed E-state index contributed by atoms with van der Waals surface area (Å²) in [6.07, 6.45) is 5.38. The van der Waals surface area contributed by atoms with Crippen molar-refractivity contribution in [2.24, 2.45) is 0 Å². The molecule has 1 amide bonds. The van der Waals surface area contributed by atoms with Gasteiger partial charge in [-0.1, -0.05) is 6.07 Å². The third-order valence-corrected chi connectivity index (χ3v) is 4.11. The van der Waals surface area contributed by atoms with Crippen molar-refractivity contribution in [3.63, 3.8) is 0 Å². The Morgan fingerprint density at radius 3 is 3.00 bits per heavy atom. The van der Waals surface area contributed by atoms with E-state index in [9.17, 15) is 4.79 Å². The molecule has 4 heterocycles. The molecule has 0 unspecified atom stereocenters. The molecule has 0 saturated heterocycles. The van der Waals surface area contributed by atoms with E-state index in [4.69, 9.17) is 4.74 Å². The van der Waals surface area contributed by atoms with Crippen molar-refractivity contribution in [2.75, 3.05) is 13.1 Å². The van der Waals surface area contributed by atoms with Crippen LogP contribution in [-0.4, -0.2) is 53.6 Å². The lowest BCUT2D eigenvalue weighted by molar-refractivity contribution is 0.0753. The summed E-state index contributed by atoms with van der Waals surface area (Å²) in [7, 11) is 0. The van der Waals surface area contributed by atoms with Gasteiger partial charge in [0.25, 0.3) is 5.91 Å². The first-order chi connectivity index (χ1) is 12.3. The largest absolute Gasteiger partial charge is 0.469 e. The van der Waals surface area contributed by atoms with Gasteiger partial charge in [0, 0.05) is 38.3 Å². The van der Waals surface area contributed by atoms with Crippen molar-refractivity contribution in [3.8, 4) is 5.88 Å². The SMILES string of the molecule is O=C(c1cnc[nH]1)N1CCc2nnc(COc3ccccn3)n2CC1. The molecule has 0 bridgehead atoms. The second-order valence-corrected chi connectivity index (χ2v) is 5.65. The molecular weight excluding hydrogens is 322 g/mol. The van der Waals surface area contributed by atoms with Crippen LogP contribution in [0.15, 0.2) is 36.9 Å². The number of H-pyrrole nitrogens is 1. The lowest BCUT2D eigenvalue weighted by Gasteiger charge is -2.19. The number of nitrogens with zero attached hydrogens (tertiary/aromatic N) is 6. The number of imidazole rings is 1. The van der Waals surface area contributed by atoms with E-state index in [1.165, 1.54) is 6.33 Å². The van der Waals surface area contributed by atoms with Gasteiger partial charge in [0.2, 0.25) is 5.88 Å². The Morgan fingerprint density at radius 2 is 2.20 bits per heavy atom. The topological polar surface area (TPSA) is 102 Å². The standard InChI is InChI=1S/C16H17N7O2/c24-16(12-9-17-11-19-12)22-6-4-13-20-21-14(23(13)8-7-22)10-25-15-3-1-2-5-18-15/h1-3,5,9,11H,4,6-8,10H2,(H,17,19). The van der Waals surface area contributed by atoms with Gasteiger partial charge in [0.15, 0.2) is 5.82 Å². The van der Waals surface area contributed by atoms with Gasteiger partial charge in [-0.3, -0.25) is 4.79 Å². The summed E-state index contributed by atoms with van der Waals surface area (Å²) in [6.45, 7) is 2.10. The predicted octanol–water partition coefficient (Wildman–Crippen LogP) is 0.674. The van der Waals surface area contributed by atoms with Gasteiger partial charge in [0.1, 0.15) is 18.1 Å². The van der Waals surface area contributed by atoms with Crippen LogP contribution in [0.4, 0.5) is 0 Å². The molecule has 0 saturated carbocycles. The van der Waals surface area contributed by atoms with E-state index in [0.717, 1.165) is 11.6 Å². The molecule has 0 aliphatic carbocycles. The number of aromatic amines is 1. The van der Waals surface area contributed by atoms with Crippen molar-refractivity contribution in [1.82, 2.24) is 34.6 Å². The van der Waals surface area contributed by atoms with E-state index in [-0.39, 0.29) is 5.91 Å². The third-order valence-electron chi connectivity index (χ3n) is 4.11. The fourth-order valence-corrected chi connectivity index (χ4v) is 2.81. The van der Waals surface area contributed by atoms with Gasteiger partial charge in [-0.2, -0.15) is 0 Å². The van der Waals surface area contributed by atoms with Gasteiger partial charge >= 0.3 is 0 Å². The summed E-state index contributed by atoms with van der Waals surface area (Å²) in [5.41, 5.74) is 0.497. The number of carbonyl (C=O) groups excluding carboxylic acids is 1. The highest BCUT2D eigenvalue weighted by molar-refractivity contribution is 5.92. The first kappa shape index (κ1) is 15.3. The average Bonchev–Trinajstić information content (AvgIpc) is 3.26. The van der Waals surface area contributed by atoms with Crippen molar-refractivity contribution >= 4 is 5.91 Å². The lowest BCUT2D eigenvalue weighted by atomic mass is 10.3. The van der Waals surface area contributed by atoms with Crippen LogP contribution >= 0.6 is 0 Å². The first-order valence-corrected chi connectivity index (χ1v) is 8.03.